The Balaban J connectivity index is 1.32. The standard InChI is InChI=1S/C27H26N2O6/c1-17(24(25(30)31)29-27(33)34-15-18-9-3-2-4-10-18)28-26(32)35-16-23-21-13-7-5-11-19(21)20-12-6-8-14-22(20)23/h2-14,17,23-24H,15-16H2,1H3,(H,28,32)(H,29,33)(H,30,31)/t17-,24-/m1/s1. The number of alkyl carbamates (subject to hydrolysis) is 2. The number of carbonyl (C=O) groups is 3. The maximum atomic E-state index is 12.5. The quantitative estimate of drug-likeness (QED) is 0.449. The lowest BCUT2D eigenvalue weighted by Crippen LogP contribution is -2.54. The number of hydrogen-bond acceptors (Lipinski definition) is 5. The SMILES string of the molecule is C[C@@H](NC(=O)OCC1c2ccccc2-c2ccccc21)[C@@H](NC(=O)OCc1ccccc1)C(=O)O. The summed E-state index contributed by atoms with van der Waals surface area (Å²) in [6, 6.07) is 22.6. The van der Waals surface area contributed by atoms with Crippen molar-refractivity contribution in [1.82, 2.24) is 10.6 Å². The summed E-state index contributed by atoms with van der Waals surface area (Å²) in [6.07, 6.45) is -1.67. The summed E-state index contributed by atoms with van der Waals surface area (Å²) in [5.74, 6) is -1.43. The number of carboxylic acid groups (broad SMARTS) is 1. The summed E-state index contributed by atoms with van der Waals surface area (Å²) in [7, 11) is 0. The van der Waals surface area contributed by atoms with Crippen molar-refractivity contribution in [1.29, 1.82) is 0 Å². The zero-order chi connectivity index (χ0) is 24.8. The summed E-state index contributed by atoms with van der Waals surface area (Å²) in [5, 5.41) is 14.3. The first kappa shape index (κ1) is 23.8. The van der Waals surface area contributed by atoms with E-state index in [2.05, 4.69) is 10.6 Å². The topological polar surface area (TPSA) is 114 Å². The van der Waals surface area contributed by atoms with E-state index >= 15 is 0 Å². The van der Waals surface area contributed by atoms with Gasteiger partial charge in [0.25, 0.3) is 0 Å². The summed E-state index contributed by atoms with van der Waals surface area (Å²) in [4.78, 5) is 36.3. The Morgan fingerprint density at radius 1 is 0.800 bits per heavy atom. The van der Waals surface area contributed by atoms with Gasteiger partial charge in [0.15, 0.2) is 0 Å². The number of rotatable bonds is 8. The second kappa shape index (κ2) is 10.7. The molecule has 0 spiro atoms. The molecule has 2 atom stereocenters. The Hall–Kier alpha value is -4.33. The molecule has 3 N–H and O–H groups in total. The molecule has 8 nitrogen and oxygen atoms in total. The third-order valence-corrected chi connectivity index (χ3v) is 5.94. The number of amides is 2. The van der Waals surface area contributed by atoms with Crippen LogP contribution in [0.2, 0.25) is 0 Å². The van der Waals surface area contributed by atoms with Crippen molar-refractivity contribution in [2.45, 2.75) is 31.5 Å². The first-order chi connectivity index (χ1) is 16.9. The Bertz CT molecular complexity index is 1170. The van der Waals surface area contributed by atoms with Crippen molar-refractivity contribution in [2.24, 2.45) is 0 Å². The van der Waals surface area contributed by atoms with Crippen LogP contribution in [-0.4, -0.2) is 42.0 Å². The average molecular weight is 475 g/mol. The Morgan fingerprint density at radius 3 is 1.94 bits per heavy atom. The molecule has 4 rings (SSSR count). The predicted octanol–water partition coefficient (Wildman–Crippen LogP) is 4.29. The zero-order valence-corrected chi connectivity index (χ0v) is 19.1. The number of hydrogen-bond donors (Lipinski definition) is 3. The molecule has 2 amide bonds. The third-order valence-electron chi connectivity index (χ3n) is 5.94. The van der Waals surface area contributed by atoms with E-state index in [0.717, 1.165) is 27.8 Å². The smallest absolute Gasteiger partial charge is 0.408 e. The van der Waals surface area contributed by atoms with Crippen LogP contribution in [0, 0.1) is 0 Å². The molecule has 0 fully saturated rings. The molecule has 8 heteroatoms. The monoisotopic (exact) mass is 474 g/mol. The highest BCUT2D eigenvalue weighted by atomic mass is 16.6. The van der Waals surface area contributed by atoms with Gasteiger partial charge in [-0.3, -0.25) is 0 Å². The van der Waals surface area contributed by atoms with E-state index < -0.39 is 30.2 Å². The van der Waals surface area contributed by atoms with E-state index in [1.54, 1.807) is 24.3 Å². The fraction of sp³-hybridized carbons (Fsp3) is 0.222. The van der Waals surface area contributed by atoms with Crippen LogP contribution in [0.3, 0.4) is 0 Å². The van der Waals surface area contributed by atoms with Gasteiger partial charge >= 0.3 is 18.2 Å². The largest absolute Gasteiger partial charge is 0.480 e. The molecular formula is C27H26N2O6. The van der Waals surface area contributed by atoms with Crippen molar-refractivity contribution in [3.05, 3.63) is 95.6 Å². The lowest BCUT2D eigenvalue weighted by atomic mass is 9.98. The zero-order valence-electron chi connectivity index (χ0n) is 19.1. The second-order valence-electron chi connectivity index (χ2n) is 8.28. The second-order valence-corrected chi connectivity index (χ2v) is 8.28. The number of fused-ring (bicyclic) bond motifs is 3. The van der Waals surface area contributed by atoms with E-state index in [-0.39, 0.29) is 19.1 Å². The molecule has 35 heavy (non-hydrogen) atoms. The number of nitrogens with one attached hydrogen (secondary N) is 2. The molecule has 0 aromatic heterocycles. The van der Waals surface area contributed by atoms with Crippen molar-refractivity contribution in [3.63, 3.8) is 0 Å². The molecule has 0 radical (unpaired) electrons. The highest BCUT2D eigenvalue weighted by molar-refractivity contribution is 5.82. The van der Waals surface area contributed by atoms with Crippen LogP contribution < -0.4 is 10.6 Å². The van der Waals surface area contributed by atoms with Gasteiger partial charge in [0.1, 0.15) is 19.3 Å². The highest BCUT2D eigenvalue weighted by Crippen LogP contribution is 2.44. The number of ether oxygens (including phenoxy) is 2. The number of carboxylic acids is 1. The van der Waals surface area contributed by atoms with Gasteiger partial charge in [-0.2, -0.15) is 0 Å². The minimum atomic E-state index is -1.40. The van der Waals surface area contributed by atoms with Gasteiger partial charge in [-0.25, -0.2) is 14.4 Å². The summed E-state index contributed by atoms with van der Waals surface area (Å²) < 4.78 is 10.6. The van der Waals surface area contributed by atoms with E-state index in [1.807, 2.05) is 54.6 Å². The van der Waals surface area contributed by atoms with Gasteiger partial charge in [-0.1, -0.05) is 78.9 Å². The Kier molecular flexibility index (Phi) is 7.30. The molecule has 180 valence electrons. The van der Waals surface area contributed by atoms with Crippen LogP contribution in [0.1, 0.15) is 29.5 Å². The molecular weight excluding hydrogens is 448 g/mol. The molecule has 3 aromatic rings. The molecule has 1 aliphatic carbocycles. The normalized spacial score (nSPS) is 13.6. The van der Waals surface area contributed by atoms with Gasteiger partial charge in [0.05, 0.1) is 6.04 Å². The van der Waals surface area contributed by atoms with Crippen LogP contribution in [0.4, 0.5) is 9.59 Å². The van der Waals surface area contributed by atoms with Crippen LogP contribution in [-0.2, 0) is 20.9 Å². The molecule has 0 unspecified atom stereocenters. The molecule has 3 aromatic carbocycles. The maximum absolute atomic E-state index is 12.5. The van der Waals surface area contributed by atoms with Crippen LogP contribution in [0.15, 0.2) is 78.9 Å². The number of aliphatic carboxylic acids is 1. The van der Waals surface area contributed by atoms with Crippen LogP contribution in [0.25, 0.3) is 11.1 Å². The molecule has 0 aliphatic heterocycles. The van der Waals surface area contributed by atoms with E-state index in [9.17, 15) is 19.5 Å². The number of carbonyl (C=O) groups excluding carboxylic acids is 2. The molecule has 1 aliphatic rings. The van der Waals surface area contributed by atoms with Crippen molar-refractivity contribution < 1.29 is 29.0 Å². The fourth-order valence-corrected chi connectivity index (χ4v) is 4.20. The molecule has 0 bridgehead atoms. The Morgan fingerprint density at radius 2 is 1.34 bits per heavy atom. The average Bonchev–Trinajstić information content (AvgIpc) is 3.19. The summed E-state index contributed by atoms with van der Waals surface area (Å²) in [5.41, 5.74) is 5.12. The minimum Gasteiger partial charge on any atom is -0.480 e. The van der Waals surface area contributed by atoms with Gasteiger partial charge in [-0.05, 0) is 34.7 Å². The summed E-state index contributed by atoms with van der Waals surface area (Å²) in [6.45, 7) is 1.56. The minimum absolute atomic E-state index is 0.00675. The fourth-order valence-electron chi connectivity index (χ4n) is 4.20. The predicted molar refractivity (Wildman–Crippen MR) is 129 cm³/mol. The van der Waals surface area contributed by atoms with E-state index in [0.29, 0.717) is 0 Å². The van der Waals surface area contributed by atoms with E-state index in [1.165, 1.54) is 6.92 Å². The van der Waals surface area contributed by atoms with Gasteiger partial charge in [0.2, 0.25) is 0 Å². The lowest BCUT2D eigenvalue weighted by molar-refractivity contribution is -0.140. The molecule has 0 heterocycles. The van der Waals surface area contributed by atoms with Gasteiger partial charge in [-0.15, -0.1) is 0 Å². The van der Waals surface area contributed by atoms with Crippen molar-refractivity contribution in [2.75, 3.05) is 6.61 Å². The van der Waals surface area contributed by atoms with Gasteiger partial charge in [0, 0.05) is 5.92 Å². The first-order valence-electron chi connectivity index (χ1n) is 11.3. The van der Waals surface area contributed by atoms with E-state index in [4.69, 9.17) is 9.47 Å². The number of benzene rings is 3. The van der Waals surface area contributed by atoms with Crippen molar-refractivity contribution in [3.8, 4) is 11.1 Å². The highest BCUT2D eigenvalue weighted by Gasteiger charge is 2.31. The first-order valence-corrected chi connectivity index (χ1v) is 11.3. The van der Waals surface area contributed by atoms with Gasteiger partial charge < -0.3 is 25.2 Å². The van der Waals surface area contributed by atoms with Crippen molar-refractivity contribution >= 4 is 18.2 Å². The third kappa shape index (κ3) is 5.60. The van der Waals surface area contributed by atoms with Crippen LogP contribution >= 0.6 is 0 Å². The Labute approximate surface area is 202 Å². The lowest BCUT2D eigenvalue weighted by Gasteiger charge is -2.22. The summed E-state index contributed by atoms with van der Waals surface area (Å²) >= 11 is 0. The maximum Gasteiger partial charge on any atom is 0.408 e. The molecule has 0 saturated carbocycles. The van der Waals surface area contributed by atoms with Crippen LogP contribution in [0.5, 0.6) is 0 Å². The molecule has 0 saturated heterocycles.